The molecule has 1 heterocycles. The van der Waals surface area contributed by atoms with Crippen LogP contribution in [0.15, 0.2) is 24.3 Å². The van der Waals surface area contributed by atoms with Gasteiger partial charge in [0.15, 0.2) is 0 Å². The number of benzene rings is 1. The second-order valence-electron chi connectivity index (χ2n) is 5.78. The predicted octanol–water partition coefficient (Wildman–Crippen LogP) is 2.65. The van der Waals surface area contributed by atoms with E-state index in [1.807, 2.05) is 31.2 Å². The molecule has 1 unspecified atom stereocenters. The average molecular weight is 290 g/mol. The minimum Gasteiger partial charge on any atom is -0.496 e. The quantitative estimate of drug-likeness (QED) is 0.847. The van der Waals surface area contributed by atoms with Crippen LogP contribution in [-0.4, -0.2) is 26.1 Å². The summed E-state index contributed by atoms with van der Waals surface area (Å²) in [6.45, 7) is 4.17. The average Bonchev–Trinajstić information content (AvgIpc) is 2.53. The van der Waals surface area contributed by atoms with Crippen LogP contribution in [0.1, 0.15) is 44.2 Å². The zero-order valence-electron chi connectivity index (χ0n) is 13.0. The molecule has 1 saturated heterocycles. The molecule has 0 saturated carbocycles. The van der Waals surface area contributed by atoms with Crippen LogP contribution < -0.4 is 15.4 Å². The summed E-state index contributed by atoms with van der Waals surface area (Å²) in [5.74, 6) is 1.59. The molecule has 1 aromatic rings. The Morgan fingerprint density at radius 3 is 3.00 bits per heavy atom. The zero-order chi connectivity index (χ0) is 15.1. The van der Waals surface area contributed by atoms with Crippen LogP contribution in [0.3, 0.4) is 0 Å². The van der Waals surface area contributed by atoms with Crippen molar-refractivity contribution in [1.82, 2.24) is 10.6 Å². The van der Waals surface area contributed by atoms with E-state index in [2.05, 4.69) is 10.6 Å². The van der Waals surface area contributed by atoms with Crippen molar-refractivity contribution < 1.29 is 9.53 Å². The number of carbonyl (C=O) groups is 1. The van der Waals surface area contributed by atoms with Gasteiger partial charge >= 0.3 is 0 Å². The molecule has 1 amide bonds. The van der Waals surface area contributed by atoms with Crippen LogP contribution >= 0.6 is 0 Å². The number of ether oxygens (including phenoxy) is 1. The summed E-state index contributed by atoms with van der Waals surface area (Å²) in [5, 5.41) is 6.46. The molecule has 0 spiro atoms. The number of hydrogen-bond donors (Lipinski definition) is 2. The summed E-state index contributed by atoms with van der Waals surface area (Å²) in [7, 11) is 1.66. The van der Waals surface area contributed by atoms with Crippen molar-refractivity contribution in [2.75, 3.05) is 20.2 Å². The van der Waals surface area contributed by atoms with Crippen LogP contribution in [0.25, 0.3) is 0 Å². The normalized spacial score (nSPS) is 19.8. The number of piperidine rings is 1. The molecule has 0 aromatic heterocycles. The van der Waals surface area contributed by atoms with Gasteiger partial charge in [-0.25, -0.2) is 0 Å². The predicted molar refractivity (Wildman–Crippen MR) is 84.4 cm³/mol. The monoisotopic (exact) mass is 290 g/mol. The van der Waals surface area contributed by atoms with Crippen molar-refractivity contribution in [3.05, 3.63) is 29.8 Å². The van der Waals surface area contributed by atoms with E-state index in [1.165, 1.54) is 12.8 Å². The Morgan fingerprint density at radius 1 is 1.48 bits per heavy atom. The fourth-order valence-electron chi connectivity index (χ4n) is 2.92. The molecule has 1 fully saturated rings. The second-order valence-corrected chi connectivity index (χ2v) is 5.78. The Morgan fingerprint density at radius 2 is 2.29 bits per heavy atom. The van der Waals surface area contributed by atoms with Gasteiger partial charge in [0.05, 0.1) is 13.2 Å². The highest BCUT2D eigenvalue weighted by Gasteiger charge is 2.17. The summed E-state index contributed by atoms with van der Waals surface area (Å²) in [6, 6.07) is 7.79. The Bertz CT molecular complexity index is 456. The van der Waals surface area contributed by atoms with Crippen LogP contribution in [0.5, 0.6) is 5.75 Å². The van der Waals surface area contributed by atoms with Crippen molar-refractivity contribution in [3.63, 3.8) is 0 Å². The van der Waals surface area contributed by atoms with Gasteiger partial charge in [-0.15, -0.1) is 0 Å². The number of carbonyl (C=O) groups excluding carboxylic acids is 1. The Kier molecular flexibility index (Phi) is 6.05. The number of amides is 1. The highest BCUT2D eigenvalue weighted by molar-refractivity contribution is 5.76. The van der Waals surface area contributed by atoms with Gasteiger partial charge in [-0.05, 0) is 51.3 Å². The van der Waals surface area contributed by atoms with Gasteiger partial charge in [0.2, 0.25) is 5.91 Å². The molecule has 4 nitrogen and oxygen atoms in total. The molecule has 1 aliphatic heterocycles. The van der Waals surface area contributed by atoms with E-state index in [-0.39, 0.29) is 11.9 Å². The summed E-state index contributed by atoms with van der Waals surface area (Å²) in [5.41, 5.74) is 1.02. The lowest BCUT2D eigenvalue weighted by Gasteiger charge is -2.23. The molecule has 4 heteroatoms. The first-order valence-electron chi connectivity index (χ1n) is 7.83. The van der Waals surface area contributed by atoms with E-state index < -0.39 is 0 Å². The number of methoxy groups -OCH3 is 1. The molecule has 21 heavy (non-hydrogen) atoms. The standard InChI is InChI=1S/C17H26N2O2/c1-13(15-7-3-4-8-16(15)21-2)19-17(20)10-9-14-6-5-11-18-12-14/h3-4,7-8,13-14,18H,5-6,9-12H2,1-2H3,(H,19,20)/t13-,14?/m1/s1. The first-order valence-corrected chi connectivity index (χ1v) is 7.83. The van der Waals surface area contributed by atoms with Crippen molar-refractivity contribution in [3.8, 4) is 5.75 Å². The smallest absolute Gasteiger partial charge is 0.220 e. The Labute approximate surface area is 127 Å². The lowest BCUT2D eigenvalue weighted by atomic mass is 9.94. The van der Waals surface area contributed by atoms with Gasteiger partial charge in [-0.1, -0.05) is 18.2 Å². The highest BCUT2D eigenvalue weighted by Crippen LogP contribution is 2.24. The number of hydrogen-bond acceptors (Lipinski definition) is 3. The van der Waals surface area contributed by atoms with Crippen molar-refractivity contribution in [1.29, 1.82) is 0 Å². The molecular formula is C17H26N2O2. The third kappa shape index (κ3) is 4.74. The molecule has 116 valence electrons. The molecule has 2 atom stereocenters. The van der Waals surface area contributed by atoms with E-state index in [0.717, 1.165) is 30.8 Å². The fourth-order valence-corrected chi connectivity index (χ4v) is 2.92. The maximum absolute atomic E-state index is 12.1. The minimum atomic E-state index is -0.0295. The first-order chi connectivity index (χ1) is 10.2. The van der Waals surface area contributed by atoms with Gasteiger partial charge in [-0.2, -0.15) is 0 Å². The maximum atomic E-state index is 12.1. The summed E-state index contributed by atoms with van der Waals surface area (Å²) < 4.78 is 5.34. The Hall–Kier alpha value is -1.55. The van der Waals surface area contributed by atoms with Gasteiger partial charge in [0.25, 0.3) is 0 Å². The van der Waals surface area contributed by atoms with Crippen molar-refractivity contribution in [2.24, 2.45) is 5.92 Å². The van der Waals surface area contributed by atoms with Gasteiger partial charge in [0, 0.05) is 12.0 Å². The first kappa shape index (κ1) is 15.8. The van der Waals surface area contributed by atoms with E-state index in [4.69, 9.17) is 4.74 Å². The van der Waals surface area contributed by atoms with E-state index in [1.54, 1.807) is 7.11 Å². The van der Waals surface area contributed by atoms with E-state index in [0.29, 0.717) is 12.3 Å². The van der Waals surface area contributed by atoms with Gasteiger partial charge < -0.3 is 15.4 Å². The third-order valence-corrected chi connectivity index (χ3v) is 4.16. The molecule has 0 radical (unpaired) electrons. The lowest BCUT2D eigenvalue weighted by molar-refractivity contribution is -0.122. The van der Waals surface area contributed by atoms with Crippen LogP contribution in [-0.2, 0) is 4.79 Å². The number of rotatable bonds is 6. The molecule has 0 bridgehead atoms. The summed E-state index contributed by atoms with van der Waals surface area (Å²) >= 11 is 0. The van der Waals surface area contributed by atoms with Crippen LogP contribution in [0.4, 0.5) is 0 Å². The van der Waals surface area contributed by atoms with Crippen molar-refractivity contribution in [2.45, 2.75) is 38.6 Å². The maximum Gasteiger partial charge on any atom is 0.220 e. The van der Waals surface area contributed by atoms with Gasteiger partial charge in [-0.3, -0.25) is 4.79 Å². The Balaban J connectivity index is 1.81. The molecule has 0 aliphatic carbocycles. The molecular weight excluding hydrogens is 264 g/mol. The third-order valence-electron chi connectivity index (χ3n) is 4.16. The summed E-state index contributed by atoms with van der Waals surface area (Å²) in [6.07, 6.45) is 4.04. The minimum absolute atomic E-state index is 0.0295. The van der Waals surface area contributed by atoms with Crippen LogP contribution in [0.2, 0.25) is 0 Å². The topological polar surface area (TPSA) is 50.4 Å². The molecule has 2 N–H and O–H groups in total. The van der Waals surface area contributed by atoms with Crippen LogP contribution in [0, 0.1) is 5.92 Å². The number of para-hydroxylation sites is 1. The van der Waals surface area contributed by atoms with Crippen molar-refractivity contribution >= 4 is 5.91 Å². The highest BCUT2D eigenvalue weighted by atomic mass is 16.5. The SMILES string of the molecule is COc1ccccc1[C@@H](C)NC(=O)CCC1CCCNC1. The second kappa shape index (κ2) is 8.03. The lowest BCUT2D eigenvalue weighted by Crippen LogP contribution is -2.32. The molecule has 1 aliphatic rings. The van der Waals surface area contributed by atoms with Gasteiger partial charge in [0.1, 0.15) is 5.75 Å². The molecule has 1 aromatic carbocycles. The summed E-state index contributed by atoms with van der Waals surface area (Å²) in [4.78, 5) is 12.1. The molecule has 2 rings (SSSR count). The number of nitrogens with one attached hydrogen (secondary N) is 2. The van der Waals surface area contributed by atoms with E-state index in [9.17, 15) is 4.79 Å². The zero-order valence-corrected chi connectivity index (χ0v) is 13.0. The fraction of sp³-hybridized carbons (Fsp3) is 0.588. The van der Waals surface area contributed by atoms with E-state index >= 15 is 0 Å². The largest absolute Gasteiger partial charge is 0.496 e.